The first-order valence-corrected chi connectivity index (χ1v) is 8.60. The fourth-order valence-electron chi connectivity index (χ4n) is 3.90. The van der Waals surface area contributed by atoms with Gasteiger partial charge in [-0.25, -0.2) is 4.79 Å². The van der Waals surface area contributed by atoms with Crippen LogP contribution in [0.25, 0.3) is 0 Å². The van der Waals surface area contributed by atoms with Crippen LogP contribution >= 0.6 is 11.3 Å². The average molecular weight is 305 g/mol. The van der Waals surface area contributed by atoms with Crippen LogP contribution in [0.2, 0.25) is 0 Å². The zero-order valence-corrected chi connectivity index (χ0v) is 12.7. The monoisotopic (exact) mass is 305 g/mol. The summed E-state index contributed by atoms with van der Waals surface area (Å²) >= 11 is 1.61. The molecule has 2 atom stereocenters. The highest BCUT2D eigenvalue weighted by Crippen LogP contribution is 2.37. The van der Waals surface area contributed by atoms with Crippen molar-refractivity contribution in [3.63, 3.8) is 0 Å². The summed E-state index contributed by atoms with van der Waals surface area (Å²) in [5.74, 6) is 0.155. The summed E-state index contributed by atoms with van der Waals surface area (Å²) in [7, 11) is 0. The molecule has 0 bridgehead atoms. The number of likely N-dealkylation sites (tertiary alicyclic amines) is 2. The lowest BCUT2D eigenvalue weighted by molar-refractivity contribution is -0.117. The fourth-order valence-corrected chi connectivity index (χ4v) is 4.53. The zero-order chi connectivity index (χ0) is 14.4. The molecule has 112 valence electrons. The van der Waals surface area contributed by atoms with Crippen molar-refractivity contribution in [2.24, 2.45) is 0 Å². The number of carbonyl (C=O) groups excluding carboxylic acids is 2. The highest BCUT2D eigenvalue weighted by Gasteiger charge is 2.49. The molecular weight excluding hydrogens is 286 g/mol. The predicted octanol–water partition coefficient (Wildman–Crippen LogP) is 2.14. The van der Waals surface area contributed by atoms with Crippen LogP contribution in [-0.4, -0.2) is 53.5 Å². The molecule has 0 spiro atoms. The highest BCUT2D eigenvalue weighted by molar-refractivity contribution is 7.08. The Hall–Kier alpha value is -1.56. The minimum Gasteiger partial charge on any atom is -0.325 e. The SMILES string of the molecule is O=C(N1CCCC1)N1CC[C@@H]2[C@@H]1CC(=O)N2c1ccsc1. The maximum absolute atomic E-state index is 12.6. The number of urea groups is 1. The number of nitrogens with zero attached hydrogens (tertiary/aromatic N) is 3. The molecule has 0 unspecified atom stereocenters. The average Bonchev–Trinajstić information content (AvgIpc) is 3.23. The maximum Gasteiger partial charge on any atom is 0.320 e. The zero-order valence-electron chi connectivity index (χ0n) is 11.9. The van der Waals surface area contributed by atoms with Crippen molar-refractivity contribution in [3.05, 3.63) is 16.8 Å². The summed E-state index contributed by atoms with van der Waals surface area (Å²) in [5, 5.41) is 4.02. The molecule has 4 heterocycles. The van der Waals surface area contributed by atoms with Gasteiger partial charge in [-0.2, -0.15) is 11.3 Å². The summed E-state index contributed by atoms with van der Waals surface area (Å²) in [6.45, 7) is 2.52. The Labute approximate surface area is 128 Å². The van der Waals surface area contributed by atoms with E-state index in [4.69, 9.17) is 0 Å². The van der Waals surface area contributed by atoms with E-state index in [9.17, 15) is 9.59 Å². The van der Waals surface area contributed by atoms with Crippen molar-refractivity contribution in [1.29, 1.82) is 0 Å². The summed E-state index contributed by atoms with van der Waals surface area (Å²) in [6.07, 6.45) is 3.58. The van der Waals surface area contributed by atoms with Crippen molar-refractivity contribution in [3.8, 4) is 0 Å². The van der Waals surface area contributed by atoms with Crippen LogP contribution in [0.15, 0.2) is 16.8 Å². The van der Waals surface area contributed by atoms with Crippen molar-refractivity contribution in [1.82, 2.24) is 9.80 Å². The second-order valence-electron chi connectivity index (χ2n) is 6.04. The van der Waals surface area contributed by atoms with Gasteiger partial charge in [0, 0.05) is 31.4 Å². The Morgan fingerprint density at radius 2 is 2.00 bits per heavy atom. The van der Waals surface area contributed by atoms with Gasteiger partial charge in [-0.15, -0.1) is 0 Å². The van der Waals surface area contributed by atoms with Crippen LogP contribution in [0.1, 0.15) is 25.7 Å². The van der Waals surface area contributed by atoms with Crippen molar-refractivity contribution in [2.75, 3.05) is 24.5 Å². The lowest BCUT2D eigenvalue weighted by atomic mass is 10.1. The summed E-state index contributed by atoms with van der Waals surface area (Å²) < 4.78 is 0. The van der Waals surface area contributed by atoms with E-state index in [0.717, 1.165) is 44.6 Å². The van der Waals surface area contributed by atoms with Gasteiger partial charge in [0.05, 0.1) is 17.8 Å². The molecule has 21 heavy (non-hydrogen) atoms. The normalized spacial score (nSPS) is 28.6. The standard InChI is InChI=1S/C15H19N3O2S/c19-14-9-13-12(18(14)11-4-8-21-10-11)3-7-17(13)15(20)16-5-1-2-6-16/h4,8,10,12-13H,1-3,5-7,9H2/t12-,13+/m1/s1. The van der Waals surface area contributed by atoms with Crippen molar-refractivity contribution >= 4 is 29.0 Å². The number of anilines is 1. The minimum atomic E-state index is 0.0606. The van der Waals surface area contributed by atoms with Gasteiger partial charge in [0.25, 0.3) is 0 Å². The molecule has 1 aromatic heterocycles. The Kier molecular flexibility index (Phi) is 3.14. The molecule has 3 fully saturated rings. The summed E-state index contributed by atoms with van der Waals surface area (Å²) in [5.41, 5.74) is 0.993. The van der Waals surface area contributed by atoms with E-state index in [-0.39, 0.29) is 24.0 Å². The van der Waals surface area contributed by atoms with Gasteiger partial charge < -0.3 is 14.7 Å². The third kappa shape index (κ3) is 2.04. The Morgan fingerprint density at radius 3 is 2.71 bits per heavy atom. The number of hydrogen-bond donors (Lipinski definition) is 0. The molecule has 3 amide bonds. The van der Waals surface area contributed by atoms with Crippen molar-refractivity contribution < 1.29 is 9.59 Å². The number of fused-ring (bicyclic) bond motifs is 1. The van der Waals surface area contributed by atoms with E-state index in [2.05, 4.69) is 0 Å². The number of rotatable bonds is 1. The third-order valence-electron chi connectivity index (χ3n) is 4.90. The molecular formula is C15H19N3O2S. The molecule has 5 nitrogen and oxygen atoms in total. The second kappa shape index (κ2) is 5.02. The van der Waals surface area contributed by atoms with E-state index in [1.165, 1.54) is 0 Å². The van der Waals surface area contributed by atoms with Crippen LogP contribution in [0.4, 0.5) is 10.5 Å². The molecule has 1 aromatic rings. The topological polar surface area (TPSA) is 43.9 Å². The summed E-state index contributed by atoms with van der Waals surface area (Å²) in [6, 6.07) is 2.36. The molecule has 0 saturated carbocycles. The first-order valence-electron chi connectivity index (χ1n) is 7.65. The van der Waals surface area contributed by atoms with Crippen LogP contribution in [0, 0.1) is 0 Å². The van der Waals surface area contributed by atoms with Gasteiger partial charge in [-0.05, 0) is 30.7 Å². The lowest BCUT2D eigenvalue weighted by Gasteiger charge is -2.28. The van der Waals surface area contributed by atoms with Gasteiger partial charge in [0.15, 0.2) is 0 Å². The fraction of sp³-hybridized carbons (Fsp3) is 0.600. The predicted molar refractivity (Wildman–Crippen MR) is 81.5 cm³/mol. The molecule has 0 N–H and O–H groups in total. The first-order chi connectivity index (χ1) is 10.3. The molecule has 3 saturated heterocycles. The highest BCUT2D eigenvalue weighted by atomic mass is 32.1. The lowest BCUT2D eigenvalue weighted by Crippen LogP contribution is -2.46. The molecule has 6 heteroatoms. The van der Waals surface area contributed by atoms with Gasteiger partial charge in [-0.1, -0.05) is 0 Å². The minimum absolute atomic E-state index is 0.0606. The van der Waals surface area contributed by atoms with Gasteiger partial charge >= 0.3 is 6.03 Å². The first kappa shape index (κ1) is 13.1. The molecule has 0 aliphatic carbocycles. The molecule has 4 rings (SSSR count). The molecule has 3 aliphatic rings. The number of amides is 3. The molecule has 0 radical (unpaired) electrons. The molecule has 0 aromatic carbocycles. The van der Waals surface area contributed by atoms with E-state index in [1.807, 2.05) is 31.5 Å². The van der Waals surface area contributed by atoms with E-state index < -0.39 is 0 Å². The van der Waals surface area contributed by atoms with Gasteiger partial charge in [0.2, 0.25) is 5.91 Å². The second-order valence-corrected chi connectivity index (χ2v) is 6.82. The van der Waals surface area contributed by atoms with Crippen LogP contribution in [0.5, 0.6) is 0 Å². The summed E-state index contributed by atoms with van der Waals surface area (Å²) in [4.78, 5) is 30.8. The van der Waals surface area contributed by atoms with E-state index in [1.54, 1.807) is 11.3 Å². The quantitative estimate of drug-likeness (QED) is 0.798. The number of carbonyl (C=O) groups is 2. The Morgan fingerprint density at radius 1 is 1.19 bits per heavy atom. The van der Waals surface area contributed by atoms with Crippen LogP contribution in [0.3, 0.4) is 0 Å². The Bertz CT molecular complexity index is 553. The van der Waals surface area contributed by atoms with Crippen LogP contribution < -0.4 is 4.90 Å². The van der Waals surface area contributed by atoms with Crippen LogP contribution in [-0.2, 0) is 4.79 Å². The Balaban J connectivity index is 1.54. The maximum atomic E-state index is 12.6. The molecule has 3 aliphatic heterocycles. The smallest absolute Gasteiger partial charge is 0.320 e. The van der Waals surface area contributed by atoms with Gasteiger partial charge in [0.1, 0.15) is 0 Å². The van der Waals surface area contributed by atoms with E-state index >= 15 is 0 Å². The number of thiophene rings is 1. The van der Waals surface area contributed by atoms with Gasteiger partial charge in [-0.3, -0.25) is 4.79 Å². The van der Waals surface area contributed by atoms with E-state index in [0.29, 0.717) is 6.42 Å². The number of hydrogen-bond acceptors (Lipinski definition) is 3. The third-order valence-corrected chi connectivity index (χ3v) is 5.57. The van der Waals surface area contributed by atoms with Crippen molar-refractivity contribution in [2.45, 2.75) is 37.8 Å². The largest absolute Gasteiger partial charge is 0.325 e.